The van der Waals surface area contributed by atoms with Crippen LogP contribution in [0.5, 0.6) is 5.19 Å². The molecule has 1 saturated heterocycles. The van der Waals surface area contributed by atoms with E-state index in [1.165, 1.54) is 11.1 Å². The Labute approximate surface area is 169 Å². The van der Waals surface area contributed by atoms with Crippen LogP contribution in [0.3, 0.4) is 0 Å². The van der Waals surface area contributed by atoms with E-state index in [-0.39, 0.29) is 12.1 Å². The first-order chi connectivity index (χ1) is 13.7. The third kappa shape index (κ3) is 4.44. The predicted molar refractivity (Wildman–Crippen MR) is 113 cm³/mol. The quantitative estimate of drug-likeness (QED) is 0.697. The van der Waals surface area contributed by atoms with Gasteiger partial charge < -0.3 is 15.0 Å². The molecule has 0 bridgehead atoms. The van der Waals surface area contributed by atoms with Crippen LogP contribution in [-0.4, -0.2) is 41.7 Å². The number of nitrogens with one attached hydrogen (secondary N) is 1. The maximum Gasteiger partial charge on any atom is 0.317 e. The van der Waals surface area contributed by atoms with Gasteiger partial charge in [0.15, 0.2) is 0 Å². The van der Waals surface area contributed by atoms with Crippen LogP contribution >= 0.6 is 11.3 Å². The third-order valence-electron chi connectivity index (χ3n) is 5.13. The van der Waals surface area contributed by atoms with Gasteiger partial charge in [0.05, 0.1) is 10.2 Å². The Hall–Kier alpha value is -2.60. The molecule has 1 aliphatic heterocycles. The van der Waals surface area contributed by atoms with Gasteiger partial charge in [-0.25, -0.2) is 9.78 Å². The molecule has 4 rings (SSSR count). The normalized spacial score (nSPS) is 15.0. The molecule has 1 fully saturated rings. The molecule has 2 aromatic carbocycles. The Morgan fingerprint density at radius 2 is 1.96 bits per heavy atom. The number of piperidine rings is 1. The van der Waals surface area contributed by atoms with Crippen molar-refractivity contribution in [3.8, 4) is 5.19 Å². The molecular formula is C22H25N3O2S. The summed E-state index contributed by atoms with van der Waals surface area (Å²) >= 11 is 1.59. The number of para-hydroxylation sites is 1. The molecule has 3 aromatic rings. The lowest BCUT2D eigenvalue weighted by atomic mass is 10.1. The number of ether oxygens (including phenoxy) is 1. The Kier molecular flexibility index (Phi) is 5.76. The molecule has 0 aliphatic carbocycles. The van der Waals surface area contributed by atoms with Gasteiger partial charge in [0.25, 0.3) is 5.19 Å². The van der Waals surface area contributed by atoms with Gasteiger partial charge in [-0.05, 0) is 30.5 Å². The molecule has 0 atom stereocenters. The van der Waals surface area contributed by atoms with Gasteiger partial charge in [-0.2, -0.15) is 0 Å². The topological polar surface area (TPSA) is 54.5 Å². The van der Waals surface area contributed by atoms with Crippen molar-refractivity contribution in [1.82, 2.24) is 15.2 Å². The number of benzene rings is 2. The highest BCUT2D eigenvalue weighted by atomic mass is 32.1. The number of fused-ring (bicyclic) bond motifs is 1. The number of amides is 2. The largest absolute Gasteiger partial charge is 0.467 e. The minimum absolute atomic E-state index is 0.0185. The number of nitrogens with zero attached hydrogens (tertiary/aromatic N) is 2. The zero-order valence-corrected chi connectivity index (χ0v) is 16.9. The summed E-state index contributed by atoms with van der Waals surface area (Å²) in [5, 5.41) is 3.76. The molecule has 5 nitrogen and oxygen atoms in total. The molecular weight excluding hydrogens is 370 g/mol. The van der Waals surface area contributed by atoms with E-state index in [1.54, 1.807) is 11.3 Å². The maximum atomic E-state index is 12.4. The van der Waals surface area contributed by atoms with Crippen LogP contribution in [0.25, 0.3) is 10.2 Å². The van der Waals surface area contributed by atoms with Crippen LogP contribution < -0.4 is 10.1 Å². The summed E-state index contributed by atoms with van der Waals surface area (Å²) in [6, 6.07) is 16.4. The first-order valence-electron chi connectivity index (χ1n) is 9.78. The van der Waals surface area contributed by atoms with Crippen molar-refractivity contribution in [2.45, 2.75) is 32.3 Å². The minimum atomic E-state index is 0.0185. The molecule has 1 aromatic heterocycles. The van der Waals surface area contributed by atoms with E-state index in [0.717, 1.165) is 34.7 Å². The molecule has 1 N–H and O–H groups in total. The summed E-state index contributed by atoms with van der Waals surface area (Å²) < 4.78 is 7.27. The number of hydrogen-bond acceptors (Lipinski definition) is 4. The molecule has 0 spiro atoms. The summed E-state index contributed by atoms with van der Waals surface area (Å²) in [7, 11) is 0. The summed E-state index contributed by atoms with van der Waals surface area (Å²) in [6.07, 6.45) is 2.64. The molecule has 6 heteroatoms. The fraction of sp³-hybridized carbons (Fsp3) is 0.364. The summed E-state index contributed by atoms with van der Waals surface area (Å²) in [4.78, 5) is 18.9. The lowest BCUT2D eigenvalue weighted by molar-refractivity contribution is 0.111. The first kappa shape index (κ1) is 18.7. The van der Waals surface area contributed by atoms with Crippen LogP contribution in [0.2, 0.25) is 0 Å². The van der Waals surface area contributed by atoms with Crippen molar-refractivity contribution >= 4 is 27.6 Å². The van der Waals surface area contributed by atoms with Gasteiger partial charge in [0.2, 0.25) is 0 Å². The Morgan fingerprint density at radius 3 is 2.71 bits per heavy atom. The molecule has 2 heterocycles. The highest BCUT2D eigenvalue weighted by Gasteiger charge is 2.24. The van der Waals surface area contributed by atoms with E-state index in [0.29, 0.717) is 19.6 Å². The number of carbonyl (C=O) groups excluding carboxylic acids is 1. The van der Waals surface area contributed by atoms with Gasteiger partial charge in [-0.3, -0.25) is 0 Å². The Balaban J connectivity index is 1.23. The Morgan fingerprint density at radius 1 is 1.18 bits per heavy atom. The van der Waals surface area contributed by atoms with Crippen LogP contribution in [0.15, 0.2) is 48.5 Å². The summed E-state index contributed by atoms with van der Waals surface area (Å²) in [5.41, 5.74) is 3.43. The van der Waals surface area contributed by atoms with Crippen LogP contribution in [0.4, 0.5) is 4.79 Å². The zero-order chi connectivity index (χ0) is 19.3. The predicted octanol–water partition coefficient (Wildman–Crippen LogP) is 4.40. The van der Waals surface area contributed by atoms with Crippen LogP contribution in [0.1, 0.15) is 24.0 Å². The van der Waals surface area contributed by atoms with E-state index < -0.39 is 0 Å². The highest BCUT2D eigenvalue weighted by Crippen LogP contribution is 2.31. The summed E-state index contributed by atoms with van der Waals surface area (Å²) in [5.74, 6) is 0. The van der Waals surface area contributed by atoms with Crippen molar-refractivity contribution in [3.63, 3.8) is 0 Å². The first-order valence-corrected chi connectivity index (χ1v) is 10.6. The monoisotopic (exact) mass is 395 g/mol. The highest BCUT2D eigenvalue weighted by molar-refractivity contribution is 7.20. The second-order valence-corrected chi connectivity index (χ2v) is 8.17. The molecule has 28 heavy (non-hydrogen) atoms. The van der Waals surface area contributed by atoms with Gasteiger partial charge >= 0.3 is 6.03 Å². The van der Waals surface area contributed by atoms with E-state index >= 15 is 0 Å². The lowest BCUT2D eigenvalue weighted by Crippen LogP contribution is -2.46. The standard InChI is InChI=1S/C22H25N3O2S/c1-16-6-5-9-19-20(16)24-22(28-19)27-18-11-14-25(15-12-18)21(26)23-13-10-17-7-3-2-4-8-17/h2-9,18H,10-15H2,1H3,(H,23,26). The number of thiazole rings is 1. The molecule has 2 amide bonds. The fourth-order valence-electron chi connectivity index (χ4n) is 3.51. The van der Waals surface area contributed by atoms with Gasteiger partial charge in [-0.15, -0.1) is 0 Å². The summed E-state index contributed by atoms with van der Waals surface area (Å²) in [6.45, 7) is 4.16. The maximum absolute atomic E-state index is 12.4. The average Bonchev–Trinajstić information content (AvgIpc) is 3.13. The number of carbonyl (C=O) groups is 1. The van der Waals surface area contributed by atoms with E-state index in [2.05, 4.69) is 47.6 Å². The van der Waals surface area contributed by atoms with Crippen molar-refractivity contribution in [2.24, 2.45) is 0 Å². The van der Waals surface area contributed by atoms with Gasteiger partial charge in [0.1, 0.15) is 6.10 Å². The lowest BCUT2D eigenvalue weighted by Gasteiger charge is -2.31. The fourth-order valence-corrected chi connectivity index (χ4v) is 4.46. The van der Waals surface area contributed by atoms with E-state index in [9.17, 15) is 4.79 Å². The second kappa shape index (κ2) is 8.61. The number of aryl methyl sites for hydroxylation is 1. The molecule has 146 valence electrons. The molecule has 0 unspecified atom stereocenters. The van der Waals surface area contributed by atoms with Crippen molar-refractivity contribution in [3.05, 3.63) is 59.7 Å². The van der Waals surface area contributed by atoms with Gasteiger partial charge in [-0.1, -0.05) is 53.8 Å². The van der Waals surface area contributed by atoms with Crippen LogP contribution in [0, 0.1) is 6.92 Å². The number of hydrogen-bond donors (Lipinski definition) is 1. The number of rotatable bonds is 5. The number of likely N-dealkylation sites (tertiary alicyclic amines) is 1. The Bertz CT molecular complexity index is 933. The zero-order valence-electron chi connectivity index (χ0n) is 16.1. The van der Waals surface area contributed by atoms with E-state index in [4.69, 9.17) is 4.74 Å². The molecule has 0 radical (unpaired) electrons. The third-order valence-corrected chi connectivity index (χ3v) is 6.04. The van der Waals surface area contributed by atoms with Crippen molar-refractivity contribution < 1.29 is 9.53 Å². The van der Waals surface area contributed by atoms with Crippen LogP contribution in [-0.2, 0) is 6.42 Å². The molecule has 0 saturated carbocycles. The smallest absolute Gasteiger partial charge is 0.317 e. The van der Waals surface area contributed by atoms with Crippen molar-refractivity contribution in [2.75, 3.05) is 19.6 Å². The van der Waals surface area contributed by atoms with E-state index in [1.807, 2.05) is 23.1 Å². The van der Waals surface area contributed by atoms with Gasteiger partial charge in [0, 0.05) is 32.5 Å². The van der Waals surface area contributed by atoms with Crippen molar-refractivity contribution in [1.29, 1.82) is 0 Å². The minimum Gasteiger partial charge on any atom is -0.467 e. The molecule has 1 aliphatic rings. The second-order valence-electron chi connectivity index (χ2n) is 7.17. The SMILES string of the molecule is Cc1cccc2sc(OC3CCN(C(=O)NCCc4ccccc4)CC3)nc12. The average molecular weight is 396 g/mol. The number of urea groups is 1. The number of aromatic nitrogens is 1.